The van der Waals surface area contributed by atoms with E-state index in [0.29, 0.717) is 30.6 Å². The van der Waals surface area contributed by atoms with Crippen LogP contribution in [0.4, 0.5) is 0 Å². The molecule has 32 heavy (non-hydrogen) atoms. The van der Waals surface area contributed by atoms with Crippen molar-refractivity contribution in [2.24, 2.45) is 57.2 Å². The third kappa shape index (κ3) is 1.90. The minimum absolute atomic E-state index is 0.139. The second-order valence-corrected chi connectivity index (χ2v) is 12.2. The van der Waals surface area contributed by atoms with Gasteiger partial charge < -0.3 is 20.4 Å². The maximum absolute atomic E-state index is 13.2. The molecule has 8 rings (SSSR count). The molecule has 0 aromatic carbocycles. The minimum atomic E-state index is -2.63. The zero-order valence-electron chi connectivity index (χ0n) is 18.0. The second kappa shape index (κ2) is 5.86. The van der Waals surface area contributed by atoms with Crippen molar-refractivity contribution in [3.8, 4) is 0 Å². The first-order valence-corrected chi connectivity index (χ1v) is 12.0. The van der Waals surface area contributed by atoms with Gasteiger partial charge in [-0.25, -0.2) is 0 Å². The number of rotatable bonds is 5. The molecule has 8 saturated carbocycles. The molecule has 0 amide bonds. The monoisotopic (exact) mass is 446 g/mol. The molecule has 8 fully saturated rings. The van der Waals surface area contributed by atoms with E-state index in [-0.39, 0.29) is 18.8 Å². The van der Waals surface area contributed by atoms with Gasteiger partial charge in [-0.1, -0.05) is 0 Å². The van der Waals surface area contributed by atoms with Crippen LogP contribution in [0.15, 0.2) is 0 Å². The van der Waals surface area contributed by atoms with Gasteiger partial charge in [0.1, 0.15) is 5.41 Å². The number of hydrogen-bond acceptors (Lipinski definition) is 4. The fourth-order valence-electron chi connectivity index (χ4n) is 11.3. The molecular weight excluding hydrogens is 416 g/mol. The van der Waals surface area contributed by atoms with Gasteiger partial charge in [0.2, 0.25) is 0 Å². The SMILES string of the molecule is O=C(O)C1C2CC3CC1(C(=O)O)C(C(=O)O)(C(=O)O)C(C14CC5CC(CC(C5)C1)C4)(C3)C2. The lowest BCUT2D eigenvalue weighted by molar-refractivity contribution is -0.308. The van der Waals surface area contributed by atoms with E-state index in [4.69, 9.17) is 0 Å². The van der Waals surface area contributed by atoms with Crippen molar-refractivity contribution >= 4 is 23.9 Å². The maximum Gasteiger partial charge on any atom is 0.322 e. The molecule has 174 valence electrons. The fraction of sp³-hybridized carbons (Fsp3) is 0.833. The number of carbonyl (C=O) groups is 4. The molecule has 0 saturated heterocycles. The van der Waals surface area contributed by atoms with E-state index in [1.807, 2.05) is 0 Å². The van der Waals surface area contributed by atoms with Crippen molar-refractivity contribution in [2.75, 3.05) is 0 Å². The fourth-order valence-corrected chi connectivity index (χ4v) is 11.3. The van der Waals surface area contributed by atoms with Gasteiger partial charge in [0.05, 0.1) is 5.92 Å². The molecule has 0 aromatic heterocycles. The smallest absolute Gasteiger partial charge is 0.322 e. The van der Waals surface area contributed by atoms with Gasteiger partial charge in [-0.3, -0.25) is 19.2 Å². The minimum Gasteiger partial charge on any atom is -0.481 e. The molecule has 8 bridgehead atoms. The Balaban J connectivity index is 1.67. The van der Waals surface area contributed by atoms with Crippen molar-refractivity contribution < 1.29 is 39.6 Å². The van der Waals surface area contributed by atoms with Crippen LogP contribution in [0.1, 0.15) is 64.2 Å². The van der Waals surface area contributed by atoms with Crippen LogP contribution in [-0.4, -0.2) is 44.3 Å². The van der Waals surface area contributed by atoms with Crippen molar-refractivity contribution in [2.45, 2.75) is 64.2 Å². The van der Waals surface area contributed by atoms with Crippen molar-refractivity contribution in [3.05, 3.63) is 0 Å². The summed E-state index contributed by atoms with van der Waals surface area (Å²) in [5, 5.41) is 42.1. The zero-order valence-corrected chi connectivity index (χ0v) is 18.0. The Morgan fingerprint density at radius 2 is 1.12 bits per heavy atom. The summed E-state index contributed by atoms with van der Waals surface area (Å²) < 4.78 is 0. The van der Waals surface area contributed by atoms with Crippen LogP contribution in [0.2, 0.25) is 0 Å². The molecule has 0 spiro atoms. The lowest BCUT2D eigenvalue weighted by Gasteiger charge is -2.76. The van der Waals surface area contributed by atoms with Crippen LogP contribution < -0.4 is 0 Å². The molecule has 0 radical (unpaired) electrons. The van der Waals surface area contributed by atoms with Gasteiger partial charge in [-0.05, 0) is 99.2 Å². The quantitative estimate of drug-likeness (QED) is 0.471. The summed E-state index contributed by atoms with van der Waals surface area (Å²) in [6.45, 7) is 0. The first kappa shape index (κ1) is 20.5. The highest BCUT2D eigenvalue weighted by Gasteiger charge is 2.89. The second-order valence-electron chi connectivity index (χ2n) is 12.2. The van der Waals surface area contributed by atoms with Crippen LogP contribution >= 0.6 is 0 Å². The Morgan fingerprint density at radius 1 is 0.594 bits per heavy atom. The van der Waals surface area contributed by atoms with Gasteiger partial charge in [-0.2, -0.15) is 0 Å². The highest BCUT2D eigenvalue weighted by atomic mass is 16.4. The van der Waals surface area contributed by atoms with E-state index in [9.17, 15) is 39.6 Å². The van der Waals surface area contributed by atoms with E-state index in [2.05, 4.69) is 0 Å². The number of hydrogen-bond donors (Lipinski definition) is 4. The Bertz CT molecular complexity index is 904. The largest absolute Gasteiger partial charge is 0.481 e. The highest BCUT2D eigenvalue weighted by Crippen LogP contribution is 2.83. The van der Waals surface area contributed by atoms with Gasteiger partial charge >= 0.3 is 23.9 Å². The summed E-state index contributed by atoms with van der Waals surface area (Å²) in [7, 11) is 0. The summed E-state index contributed by atoms with van der Waals surface area (Å²) in [6.07, 6.45) is 6.54. The van der Waals surface area contributed by atoms with Gasteiger partial charge in [0.15, 0.2) is 5.41 Å². The van der Waals surface area contributed by atoms with Crippen molar-refractivity contribution in [3.63, 3.8) is 0 Å². The summed E-state index contributed by atoms with van der Waals surface area (Å²) in [4.78, 5) is 51.8. The summed E-state index contributed by atoms with van der Waals surface area (Å²) in [5.74, 6) is -7.04. The molecule has 8 aliphatic rings. The Morgan fingerprint density at radius 3 is 1.56 bits per heavy atom. The molecule has 8 heteroatoms. The van der Waals surface area contributed by atoms with Crippen molar-refractivity contribution in [1.82, 2.24) is 0 Å². The number of carboxylic acid groups (broad SMARTS) is 4. The molecule has 5 unspecified atom stereocenters. The number of carboxylic acids is 4. The zero-order chi connectivity index (χ0) is 22.8. The van der Waals surface area contributed by atoms with Crippen LogP contribution in [0.5, 0.6) is 0 Å². The standard InChI is InChI=1S/C24H30O8/c25-17(26)16-15-4-14-8-22(10-15,21-5-11-1-12(6-21)3-13(2-11)7-21)24(19(29)30,20(31)32)23(16,9-14)18(27)28/h11-16H,1-10H2,(H,25,26)(H,27,28)(H,29,30)(H,31,32). The first-order valence-electron chi connectivity index (χ1n) is 12.0. The maximum atomic E-state index is 13.2. The molecule has 0 heterocycles. The molecular formula is C24H30O8. The summed E-state index contributed by atoms with van der Waals surface area (Å²) in [6, 6.07) is 0. The third-order valence-corrected chi connectivity index (χ3v) is 11.2. The Kier molecular flexibility index (Phi) is 3.75. The van der Waals surface area contributed by atoms with E-state index in [1.54, 1.807) is 0 Å². The molecule has 0 aliphatic heterocycles. The van der Waals surface area contributed by atoms with Crippen LogP contribution in [0, 0.1) is 57.2 Å². The van der Waals surface area contributed by atoms with Gasteiger partial charge in [0, 0.05) is 5.41 Å². The van der Waals surface area contributed by atoms with E-state index < -0.39 is 57.4 Å². The first-order chi connectivity index (χ1) is 15.0. The topological polar surface area (TPSA) is 149 Å². The Hall–Kier alpha value is -2.12. The molecule has 8 aliphatic carbocycles. The number of aliphatic carboxylic acids is 4. The Labute approximate surface area is 185 Å². The summed E-state index contributed by atoms with van der Waals surface area (Å²) >= 11 is 0. The predicted octanol–water partition coefficient (Wildman–Crippen LogP) is 2.95. The van der Waals surface area contributed by atoms with E-state index >= 15 is 0 Å². The lowest BCUT2D eigenvalue weighted by Crippen LogP contribution is -2.81. The molecule has 4 N–H and O–H groups in total. The predicted molar refractivity (Wildman–Crippen MR) is 107 cm³/mol. The molecule has 5 atom stereocenters. The average Bonchev–Trinajstić information content (AvgIpc) is 2.65. The van der Waals surface area contributed by atoms with Crippen LogP contribution in [0.25, 0.3) is 0 Å². The normalized spacial score (nSPS) is 51.5. The third-order valence-electron chi connectivity index (χ3n) is 11.2. The van der Waals surface area contributed by atoms with Crippen molar-refractivity contribution in [1.29, 1.82) is 0 Å². The van der Waals surface area contributed by atoms with Crippen LogP contribution in [-0.2, 0) is 19.2 Å². The molecule has 8 nitrogen and oxygen atoms in total. The van der Waals surface area contributed by atoms with E-state index in [1.165, 1.54) is 0 Å². The molecule has 0 aromatic rings. The summed E-state index contributed by atoms with van der Waals surface area (Å²) in [5.41, 5.74) is -6.71. The van der Waals surface area contributed by atoms with Gasteiger partial charge in [-0.15, -0.1) is 0 Å². The average molecular weight is 446 g/mol. The lowest BCUT2D eigenvalue weighted by atomic mass is 9.24. The van der Waals surface area contributed by atoms with Gasteiger partial charge in [0.25, 0.3) is 0 Å². The van der Waals surface area contributed by atoms with E-state index in [0.717, 1.165) is 38.5 Å². The highest BCUT2D eigenvalue weighted by molar-refractivity contribution is 6.07. The van der Waals surface area contributed by atoms with Crippen LogP contribution in [0.3, 0.4) is 0 Å².